The number of rotatable bonds is 4. The van der Waals surface area contributed by atoms with Crippen molar-refractivity contribution in [3.63, 3.8) is 0 Å². The van der Waals surface area contributed by atoms with Crippen molar-refractivity contribution < 1.29 is 14.4 Å². The Morgan fingerprint density at radius 2 is 1.93 bits per heavy atom. The standard InChI is InChI=1S/C21H24N4O3/c1-2-14-8-9-18(15-6-4-3-5-7-15)25(13-14)21(28)20(27)24-17-10-16(19(22)26)11-23-12-17/h3-7,10-12,14,18H,2,8-9,13H2,1H3,(H2,22,26)(H,24,27)/t14-,18-/m1/s1. The third-order valence-corrected chi connectivity index (χ3v) is 5.18. The highest BCUT2D eigenvalue weighted by Crippen LogP contribution is 2.34. The molecule has 3 N–H and O–H groups in total. The van der Waals surface area contributed by atoms with E-state index in [0.29, 0.717) is 12.5 Å². The lowest BCUT2D eigenvalue weighted by molar-refractivity contribution is -0.146. The van der Waals surface area contributed by atoms with E-state index in [1.807, 2.05) is 30.3 Å². The van der Waals surface area contributed by atoms with Crippen LogP contribution in [0.25, 0.3) is 0 Å². The summed E-state index contributed by atoms with van der Waals surface area (Å²) >= 11 is 0. The van der Waals surface area contributed by atoms with Crippen molar-refractivity contribution in [3.05, 3.63) is 59.9 Å². The van der Waals surface area contributed by atoms with E-state index in [2.05, 4.69) is 17.2 Å². The van der Waals surface area contributed by atoms with Crippen LogP contribution in [0.15, 0.2) is 48.8 Å². The van der Waals surface area contributed by atoms with Gasteiger partial charge >= 0.3 is 11.8 Å². The van der Waals surface area contributed by atoms with Crippen LogP contribution in [0, 0.1) is 5.92 Å². The van der Waals surface area contributed by atoms with Gasteiger partial charge in [-0.3, -0.25) is 19.4 Å². The SMILES string of the molecule is CC[C@@H]1CC[C@H](c2ccccc2)N(C(=O)C(=O)Nc2cncc(C(N)=O)c2)C1. The first-order valence-electron chi connectivity index (χ1n) is 9.41. The van der Waals surface area contributed by atoms with Crippen LogP contribution in [0.2, 0.25) is 0 Å². The van der Waals surface area contributed by atoms with Crippen LogP contribution in [0.1, 0.15) is 48.1 Å². The van der Waals surface area contributed by atoms with Gasteiger partial charge in [-0.2, -0.15) is 0 Å². The lowest BCUT2D eigenvalue weighted by atomic mass is 9.87. The number of piperidine rings is 1. The van der Waals surface area contributed by atoms with E-state index in [9.17, 15) is 14.4 Å². The van der Waals surface area contributed by atoms with Gasteiger partial charge in [0.1, 0.15) is 0 Å². The molecule has 2 aromatic rings. The van der Waals surface area contributed by atoms with Gasteiger partial charge in [0.05, 0.1) is 23.5 Å². The summed E-state index contributed by atoms with van der Waals surface area (Å²) in [5, 5.41) is 2.54. The first-order valence-corrected chi connectivity index (χ1v) is 9.41. The zero-order valence-electron chi connectivity index (χ0n) is 15.8. The van der Waals surface area contributed by atoms with E-state index < -0.39 is 17.7 Å². The summed E-state index contributed by atoms with van der Waals surface area (Å²) in [6.07, 6.45) is 5.48. The molecule has 1 aromatic carbocycles. The van der Waals surface area contributed by atoms with Crippen LogP contribution in [0.3, 0.4) is 0 Å². The number of anilines is 1. The zero-order valence-corrected chi connectivity index (χ0v) is 15.8. The molecule has 146 valence electrons. The molecule has 1 saturated heterocycles. The maximum atomic E-state index is 13.0. The van der Waals surface area contributed by atoms with E-state index >= 15 is 0 Å². The normalized spacial score (nSPS) is 19.1. The summed E-state index contributed by atoms with van der Waals surface area (Å²) in [6.45, 7) is 2.64. The molecule has 2 heterocycles. The van der Waals surface area contributed by atoms with E-state index in [1.165, 1.54) is 18.5 Å². The Morgan fingerprint density at radius 3 is 2.61 bits per heavy atom. The predicted octanol–water partition coefficient (Wildman–Crippen LogP) is 2.51. The Balaban J connectivity index is 1.79. The Bertz CT molecular complexity index is 869. The smallest absolute Gasteiger partial charge is 0.313 e. The van der Waals surface area contributed by atoms with Crippen LogP contribution in [0.4, 0.5) is 5.69 Å². The van der Waals surface area contributed by atoms with Gasteiger partial charge in [-0.25, -0.2) is 0 Å². The average Bonchev–Trinajstić information content (AvgIpc) is 2.73. The van der Waals surface area contributed by atoms with Gasteiger partial charge in [0.2, 0.25) is 5.91 Å². The number of carbonyl (C=O) groups excluding carboxylic acids is 3. The molecule has 3 rings (SSSR count). The third kappa shape index (κ3) is 4.36. The minimum atomic E-state index is -0.749. The number of nitrogens with one attached hydrogen (secondary N) is 1. The van der Waals surface area contributed by atoms with Gasteiger partial charge in [0, 0.05) is 12.7 Å². The Morgan fingerprint density at radius 1 is 1.18 bits per heavy atom. The van der Waals surface area contributed by atoms with Gasteiger partial charge in [-0.1, -0.05) is 43.7 Å². The van der Waals surface area contributed by atoms with Crippen molar-refractivity contribution in [1.82, 2.24) is 9.88 Å². The lowest BCUT2D eigenvalue weighted by Gasteiger charge is -2.39. The number of nitrogens with zero attached hydrogens (tertiary/aromatic N) is 2. The summed E-state index contributed by atoms with van der Waals surface area (Å²) in [5.74, 6) is -1.62. The number of benzene rings is 1. The molecule has 1 aromatic heterocycles. The van der Waals surface area contributed by atoms with E-state index in [-0.39, 0.29) is 17.3 Å². The fourth-order valence-electron chi connectivity index (χ4n) is 3.58. The van der Waals surface area contributed by atoms with Gasteiger partial charge in [-0.15, -0.1) is 0 Å². The first kappa shape index (κ1) is 19.5. The van der Waals surface area contributed by atoms with Crippen molar-refractivity contribution in [2.75, 3.05) is 11.9 Å². The number of hydrogen-bond acceptors (Lipinski definition) is 4. The second kappa shape index (κ2) is 8.65. The molecule has 0 unspecified atom stereocenters. The number of primary amides is 1. The Kier molecular flexibility index (Phi) is 6.03. The number of likely N-dealkylation sites (tertiary alicyclic amines) is 1. The number of hydrogen-bond donors (Lipinski definition) is 2. The first-order chi connectivity index (χ1) is 13.5. The number of carbonyl (C=O) groups is 3. The molecule has 0 saturated carbocycles. The Hall–Kier alpha value is -3.22. The fraction of sp³-hybridized carbons (Fsp3) is 0.333. The van der Waals surface area contributed by atoms with Crippen molar-refractivity contribution >= 4 is 23.4 Å². The predicted molar refractivity (Wildman–Crippen MR) is 105 cm³/mol. The van der Waals surface area contributed by atoms with Crippen LogP contribution in [-0.2, 0) is 9.59 Å². The summed E-state index contributed by atoms with van der Waals surface area (Å²) in [6, 6.07) is 11.0. The van der Waals surface area contributed by atoms with Gasteiger partial charge in [0.15, 0.2) is 0 Å². The van der Waals surface area contributed by atoms with Crippen LogP contribution in [-0.4, -0.2) is 34.2 Å². The molecule has 0 radical (unpaired) electrons. The lowest BCUT2D eigenvalue weighted by Crippen LogP contribution is -2.46. The monoisotopic (exact) mass is 380 g/mol. The van der Waals surface area contributed by atoms with Crippen LogP contribution < -0.4 is 11.1 Å². The molecule has 2 atom stereocenters. The van der Waals surface area contributed by atoms with E-state index in [4.69, 9.17) is 5.73 Å². The van der Waals surface area contributed by atoms with Crippen molar-refractivity contribution in [2.24, 2.45) is 11.7 Å². The Labute approximate surface area is 163 Å². The second-order valence-electron chi connectivity index (χ2n) is 7.02. The molecular weight excluding hydrogens is 356 g/mol. The van der Waals surface area contributed by atoms with Gasteiger partial charge in [-0.05, 0) is 30.4 Å². The molecule has 28 heavy (non-hydrogen) atoms. The number of nitrogens with two attached hydrogens (primary N) is 1. The molecule has 1 aliphatic heterocycles. The molecule has 1 fully saturated rings. The zero-order chi connectivity index (χ0) is 20.1. The molecule has 0 spiro atoms. The molecular formula is C21H24N4O3. The molecule has 3 amide bonds. The van der Waals surface area contributed by atoms with Gasteiger partial charge < -0.3 is 16.0 Å². The summed E-state index contributed by atoms with van der Waals surface area (Å²) in [4.78, 5) is 42.4. The van der Waals surface area contributed by atoms with Crippen molar-refractivity contribution in [1.29, 1.82) is 0 Å². The highest BCUT2D eigenvalue weighted by Gasteiger charge is 2.34. The van der Waals surface area contributed by atoms with Crippen molar-refractivity contribution in [3.8, 4) is 0 Å². The maximum absolute atomic E-state index is 13.0. The number of amides is 3. The van der Waals surface area contributed by atoms with Crippen molar-refractivity contribution in [2.45, 2.75) is 32.2 Å². The summed E-state index contributed by atoms with van der Waals surface area (Å²) in [5.41, 5.74) is 6.68. The molecule has 1 aliphatic rings. The summed E-state index contributed by atoms with van der Waals surface area (Å²) in [7, 11) is 0. The largest absolute Gasteiger partial charge is 0.366 e. The number of aromatic nitrogens is 1. The van der Waals surface area contributed by atoms with E-state index in [0.717, 1.165) is 24.8 Å². The average molecular weight is 380 g/mol. The third-order valence-electron chi connectivity index (χ3n) is 5.18. The highest BCUT2D eigenvalue weighted by atomic mass is 16.2. The highest BCUT2D eigenvalue weighted by molar-refractivity contribution is 6.39. The van der Waals surface area contributed by atoms with Crippen LogP contribution in [0.5, 0.6) is 0 Å². The number of pyridine rings is 1. The molecule has 0 bridgehead atoms. The second-order valence-corrected chi connectivity index (χ2v) is 7.02. The quantitative estimate of drug-likeness (QED) is 0.795. The topological polar surface area (TPSA) is 105 Å². The summed E-state index contributed by atoms with van der Waals surface area (Å²) < 4.78 is 0. The van der Waals surface area contributed by atoms with Crippen LogP contribution >= 0.6 is 0 Å². The minimum absolute atomic E-state index is 0.127. The minimum Gasteiger partial charge on any atom is -0.366 e. The van der Waals surface area contributed by atoms with E-state index in [1.54, 1.807) is 4.90 Å². The fourth-order valence-corrected chi connectivity index (χ4v) is 3.58. The van der Waals surface area contributed by atoms with Gasteiger partial charge in [0.25, 0.3) is 0 Å². The molecule has 7 nitrogen and oxygen atoms in total. The molecule has 7 heteroatoms. The maximum Gasteiger partial charge on any atom is 0.313 e. The molecule has 0 aliphatic carbocycles.